The van der Waals surface area contributed by atoms with Crippen molar-refractivity contribution in [3.63, 3.8) is 0 Å². The van der Waals surface area contributed by atoms with Gasteiger partial charge in [-0.3, -0.25) is 9.78 Å². The van der Waals surface area contributed by atoms with Gasteiger partial charge >= 0.3 is 0 Å². The first kappa shape index (κ1) is 12.3. The molecule has 0 saturated heterocycles. The number of furan rings is 1. The van der Waals surface area contributed by atoms with Crippen molar-refractivity contribution in [3.05, 3.63) is 60.4 Å². The number of nitrogens with zero attached hydrogens (tertiary/aromatic N) is 2. The number of fused-ring (bicyclic) bond motifs is 1. The molecule has 0 radical (unpaired) electrons. The Bertz CT molecular complexity index is 704. The summed E-state index contributed by atoms with van der Waals surface area (Å²) in [4.78, 5) is 19.8. The lowest BCUT2D eigenvalue weighted by Crippen LogP contribution is -2.27. The van der Waals surface area contributed by atoms with Gasteiger partial charge in [0.1, 0.15) is 17.0 Å². The van der Waals surface area contributed by atoms with E-state index in [0.29, 0.717) is 5.76 Å². The Morgan fingerprint density at radius 3 is 2.90 bits per heavy atom. The van der Waals surface area contributed by atoms with E-state index in [1.807, 2.05) is 37.3 Å². The molecule has 5 nitrogen and oxygen atoms in total. The number of amides is 1. The van der Waals surface area contributed by atoms with E-state index in [0.717, 1.165) is 11.0 Å². The van der Waals surface area contributed by atoms with E-state index in [-0.39, 0.29) is 17.6 Å². The summed E-state index contributed by atoms with van der Waals surface area (Å²) in [6.45, 7) is 1.87. The van der Waals surface area contributed by atoms with Crippen molar-refractivity contribution in [1.82, 2.24) is 15.3 Å². The lowest BCUT2D eigenvalue weighted by molar-refractivity contribution is 0.0930. The van der Waals surface area contributed by atoms with Crippen molar-refractivity contribution < 1.29 is 9.21 Å². The van der Waals surface area contributed by atoms with Crippen molar-refractivity contribution in [3.8, 4) is 0 Å². The zero-order valence-electron chi connectivity index (χ0n) is 10.9. The molecule has 0 unspecified atom stereocenters. The van der Waals surface area contributed by atoms with Gasteiger partial charge in [0.25, 0.3) is 5.91 Å². The highest BCUT2D eigenvalue weighted by molar-refractivity contribution is 5.92. The maximum atomic E-state index is 12.0. The number of hydrogen-bond acceptors (Lipinski definition) is 4. The number of benzene rings is 1. The summed E-state index contributed by atoms with van der Waals surface area (Å²) in [7, 11) is 0. The van der Waals surface area contributed by atoms with Crippen LogP contribution in [-0.4, -0.2) is 15.9 Å². The van der Waals surface area contributed by atoms with Gasteiger partial charge in [-0.25, -0.2) is 4.98 Å². The standard InChI is InChI=1S/C15H13N3O2/c1-10(18-15(19)12-9-16-6-7-17-12)14-8-11-4-2-3-5-13(11)20-14/h2-10H,1H3,(H,18,19)/t10-/m1/s1. The Morgan fingerprint density at radius 2 is 2.15 bits per heavy atom. The van der Waals surface area contributed by atoms with E-state index in [9.17, 15) is 4.79 Å². The molecule has 0 aliphatic carbocycles. The second-order valence-corrected chi connectivity index (χ2v) is 4.47. The molecule has 2 heterocycles. The lowest BCUT2D eigenvalue weighted by atomic mass is 10.2. The number of hydrogen-bond donors (Lipinski definition) is 1. The molecule has 1 atom stereocenters. The molecule has 3 rings (SSSR count). The highest BCUT2D eigenvalue weighted by Crippen LogP contribution is 2.23. The number of nitrogens with one attached hydrogen (secondary N) is 1. The Labute approximate surface area is 115 Å². The van der Waals surface area contributed by atoms with Crippen LogP contribution < -0.4 is 5.32 Å². The van der Waals surface area contributed by atoms with Crippen LogP contribution in [0.1, 0.15) is 29.2 Å². The van der Waals surface area contributed by atoms with E-state index in [1.54, 1.807) is 0 Å². The van der Waals surface area contributed by atoms with Crippen molar-refractivity contribution in [2.45, 2.75) is 13.0 Å². The van der Waals surface area contributed by atoms with Gasteiger partial charge in [-0.2, -0.15) is 0 Å². The number of rotatable bonds is 3. The smallest absolute Gasteiger partial charge is 0.272 e. The van der Waals surface area contributed by atoms with Crippen LogP contribution in [0.2, 0.25) is 0 Å². The molecular weight excluding hydrogens is 254 g/mol. The van der Waals surface area contributed by atoms with Crippen molar-refractivity contribution in [2.75, 3.05) is 0 Å². The van der Waals surface area contributed by atoms with Crippen LogP contribution in [0.15, 0.2) is 53.3 Å². The first-order chi connectivity index (χ1) is 9.74. The average molecular weight is 267 g/mol. The van der Waals surface area contributed by atoms with Gasteiger partial charge in [0.05, 0.1) is 12.2 Å². The van der Waals surface area contributed by atoms with Crippen LogP contribution in [0.4, 0.5) is 0 Å². The molecule has 0 aliphatic heterocycles. The molecule has 0 fully saturated rings. The van der Waals surface area contributed by atoms with Crippen molar-refractivity contribution in [2.24, 2.45) is 0 Å². The molecule has 2 aromatic heterocycles. The summed E-state index contributed by atoms with van der Waals surface area (Å²) in [6, 6.07) is 9.42. The fourth-order valence-electron chi connectivity index (χ4n) is 1.97. The predicted molar refractivity (Wildman–Crippen MR) is 74.1 cm³/mol. The molecule has 100 valence electrons. The largest absolute Gasteiger partial charge is 0.459 e. The quantitative estimate of drug-likeness (QED) is 0.792. The summed E-state index contributed by atoms with van der Waals surface area (Å²) in [5.74, 6) is 0.439. The number of para-hydroxylation sites is 1. The fourth-order valence-corrected chi connectivity index (χ4v) is 1.97. The van der Waals surface area contributed by atoms with Crippen LogP contribution in [0.5, 0.6) is 0 Å². The molecule has 1 N–H and O–H groups in total. The van der Waals surface area contributed by atoms with Crippen LogP contribution >= 0.6 is 0 Å². The Hall–Kier alpha value is -2.69. The SMILES string of the molecule is C[C@@H](NC(=O)c1cnccn1)c1cc2ccccc2o1. The third-order valence-corrected chi connectivity index (χ3v) is 3.01. The summed E-state index contributed by atoms with van der Waals surface area (Å²) in [6.07, 6.45) is 4.45. The topological polar surface area (TPSA) is 68.0 Å². The molecule has 0 aliphatic rings. The first-order valence-corrected chi connectivity index (χ1v) is 6.29. The zero-order valence-corrected chi connectivity index (χ0v) is 10.9. The van der Waals surface area contributed by atoms with E-state index in [2.05, 4.69) is 15.3 Å². The highest BCUT2D eigenvalue weighted by atomic mass is 16.3. The molecule has 1 aromatic carbocycles. The maximum absolute atomic E-state index is 12.0. The van der Waals surface area contributed by atoms with Gasteiger partial charge in [-0.05, 0) is 19.1 Å². The minimum atomic E-state index is -0.272. The number of carbonyl (C=O) groups is 1. The van der Waals surface area contributed by atoms with Crippen LogP contribution in [0, 0.1) is 0 Å². The molecule has 20 heavy (non-hydrogen) atoms. The van der Waals surface area contributed by atoms with Gasteiger partial charge in [-0.1, -0.05) is 18.2 Å². The van der Waals surface area contributed by atoms with Gasteiger partial charge < -0.3 is 9.73 Å². The van der Waals surface area contributed by atoms with Gasteiger partial charge in [0, 0.05) is 17.8 Å². The minimum absolute atomic E-state index is 0.239. The van der Waals surface area contributed by atoms with Crippen LogP contribution in [-0.2, 0) is 0 Å². The number of carbonyl (C=O) groups excluding carboxylic acids is 1. The third kappa shape index (κ3) is 2.38. The van der Waals surface area contributed by atoms with E-state index in [4.69, 9.17) is 4.42 Å². The summed E-state index contributed by atoms with van der Waals surface area (Å²) < 4.78 is 5.72. The summed E-state index contributed by atoms with van der Waals surface area (Å²) >= 11 is 0. The van der Waals surface area contributed by atoms with E-state index in [1.165, 1.54) is 18.6 Å². The monoisotopic (exact) mass is 267 g/mol. The zero-order chi connectivity index (χ0) is 13.9. The average Bonchev–Trinajstić information content (AvgIpc) is 2.92. The normalized spacial score (nSPS) is 12.2. The van der Waals surface area contributed by atoms with Gasteiger partial charge in [-0.15, -0.1) is 0 Å². The fraction of sp³-hybridized carbons (Fsp3) is 0.133. The molecular formula is C15H13N3O2. The number of aromatic nitrogens is 2. The van der Waals surface area contributed by atoms with E-state index >= 15 is 0 Å². The lowest BCUT2D eigenvalue weighted by Gasteiger charge is -2.10. The molecule has 0 spiro atoms. The Morgan fingerprint density at radius 1 is 1.30 bits per heavy atom. The van der Waals surface area contributed by atoms with Gasteiger partial charge in [0.2, 0.25) is 0 Å². The maximum Gasteiger partial charge on any atom is 0.272 e. The Balaban J connectivity index is 1.79. The summed E-state index contributed by atoms with van der Waals surface area (Å²) in [5.41, 5.74) is 1.10. The van der Waals surface area contributed by atoms with Crippen molar-refractivity contribution >= 4 is 16.9 Å². The molecule has 0 bridgehead atoms. The Kier molecular flexibility index (Phi) is 3.16. The molecule has 3 aromatic rings. The second kappa shape index (κ2) is 5.13. The third-order valence-electron chi connectivity index (χ3n) is 3.01. The molecule has 5 heteroatoms. The van der Waals surface area contributed by atoms with Crippen LogP contribution in [0.25, 0.3) is 11.0 Å². The highest BCUT2D eigenvalue weighted by Gasteiger charge is 2.15. The molecule has 0 saturated carbocycles. The van der Waals surface area contributed by atoms with E-state index < -0.39 is 0 Å². The second-order valence-electron chi connectivity index (χ2n) is 4.47. The van der Waals surface area contributed by atoms with Crippen LogP contribution in [0.3, 0.4) is 0 Å². The first-order valence-electron chi connectivity index (χ1n) is 6.29. The van der Waals surface area contributed by atoms with Gasteiger partial charge in [0.15, 0.2) is 0 Å². The summed E-state index contributed by atoms with van der Waals surface area (Å²) in [5, 5.41) is 3.85. The molecule has 1 amide bonds. The van der Waals surface area contributed by atoms with Crippen molar-refractivity contribution in [1.29, 1.82) is 0 Å². The minimum Gasteiger partial charge on any atom is -0.459 e. The predicted octanol–water partition coefficient (Wildman–Crippen LogP) is 2.71.